The van der Waals surface area contributed by atoms with Crippen molar-refractivity contribution in [1.82, 2.24) is 4.57 Å². The number of hydrogen-bond acceptors (Lipinski definition) is 4. The summed E-state index contributed by atoms with van der Waals surface area (Å²) in [5.41, 5.74) is 0.0730. The molecule has 1 aliphatic heterocycles. The molecule has 1 aliphatic rings. The molecule has 2 amide bonds. The van der Waals surface area contributed by atoms with Gasteiger partial charge in [-0.15, -0.1) is 0 Å². The number of para-hydroxylation sites is 1. The predicted molar refractivity (Wildman–Crippen MR) is 110 cm³/mol. The van der Waals surface area contributed by atoms with Crippen LogP contribution >= 0.6 is 0 Å². The van der Waals surface area contributed by atoms with E-state index in [1.165, 1.54) is 6.92 Å². The summed E-state index contributed by atoms with van der Waals surface area (Å²) in [6.45, 7) is 0.939. The van der Waals surface area contributed by atoms with E-state index in [4.69, 9.17) is 4.74 Å². The van der Waals surface area contributed by atoms with Crippen molar-refractivity contribution in [2.45, 2.75) is 19.2 Å². The molecule has 0 fully saturated rings. The molecule has 4 rings (SSSR count). The molecular weight excluding hydrogens is 427 g/mol. The van der Waals surface area contributed by atoms with E-state index in [9.17, 15) is 27.6 Å². The Bertz CT molecular complexity index is 1250. The Morgan fingerprint density at radius 2 is 1.88 bits per heavy atom. The van der Waals surface area contributed by atoms with Gasteiger partial charge in [-0.2, -0.15) is 13.2 Å². The number of halogens is 3. The van der Waals surface area contributed by atoms with Crippen LogP contribution in [-0.2, 0) is 27.5 Å². The van der Waals surface area contributed by atoms with Gasteiger partial charge >= 0.3 is 12.1 Å². The maximum atomic E-state index is 13.0. The molecule has 0 saturated heterocycles. The number of carbonyl (C=O) groups is 3. The van der Waals surface area contributed by atoms with Crippen LogP contribution in [0.15, 0.2) is 48.7 Å². The fourth-order valence-electron chi connectivity index (χ4n) is 3.66. The molecule has 10 heteroatoms. The van der Waals surface area contributed by atoms with Crippen molar-refractivity contribution in [2.75, 3.05) is 16.8 Å². The lowest BCUT2D eigenvalue weighted by Crippen LogP contribution is -2.47. The van der Waals surface area contributed by atoms with Crippen LogP contribution in [0.4, 0.5) is 24.5 Å². The second-order valence-corrected chi connectivity index (χ2v) is 7.42. The number of benzene rings is 2. The zero-order chi connectivity index (χ0) is 23.2. The van der Waals surface area contributed by atoms with Gasteiger partial charge in [0, 0.05) is 24.1 Å². The molecule has 1 atom stereocenters. The molecular formula is C22H18F3N3O4. The number of anilines is 2. The van der Waals surface area contributed by atoms with Crippen molar-refractivity contribution in [1.29, 1.82) is 0 Å². The summed E-state index contributed by atoms with van der Waals surface area (Å²) in [6, 6.07) is 9.87. The molecule has 3 aromatic rings. The van der Waals surface area contributed by atoms with E-state index < -0.39 is 42.2 Å². The van der Waals surface area contributed by atoms with Crippen molar-refractivity contribution in [3.63, 3.8) is 0 Å². The highest BCUT2D eigenvalue weighted by molar-refractivity contribution is 6.12. The fourth-order valence-corrected chi connectivity index (χ4v) is 3.66. The van der Waals surface area contributed by atoms with Crippen molar-refractivity contribution in [3.8, 4) is 0 Å². The zero-order valence-corrected chi connectivity index (χ0v) is 17.1. The summed E-state index contributed by atoms with van der Waals surface area (Å²) in [5.74, 6) is -2.11. The Labute approximate surface area is 180 Å². The SMILES string of the molecule is CC(OC(=O)c1cn(C)c2ccccc12)C(=O)N1CC(=O)Nc2cc(C(F)(F)F)ccc21. The van der Waals surface area contributed by atoms with Crippen LogP contribution in [0.5, 0.6) is 0 Å². The molecule has 1 N–H and O–H groups in total. The van der Waals surface area contributed by atoms with E-state index in [2.05, 4.69) is 5.32 Å². The Morgan fingerprint density at radius 1 is 1.16 bits per heavy atom. The maximum Gasteiger partial charge on any atom is 0.416 e. The Balaban J connectivity index is 1.58. The van der Waals surface area contributed by atoms with E-state index in [1.807, 2.05) is 12.1 Å². The van der Waals surface area contributed by atoms with Crippen LogP contribution in [0, 0.1) is 0 Å². The van der Waals surface area contributed by atoms with Gasteiger partial charge in [-0.25, -0.2) is 4.79 Å². The molecule has 0 radical (unpaired) electrons. The first-order valence-electron chi connectivity index (χ1n) is 9.64. The monoisotopic (exact) mass is 445 g/mol. The number of hydrogen-bond donors (Lipinski definition) is 1. The van der Waals surface area contributed by atoms with Gasteiger partial charge in [0.15, 0.2) is 6.10 Å². The summed E-state index contributed by atoms with van der Waals surface area (Å²) >= 11 is 0. The van der Waals surface area contributed by atoms with Gasteiger partial charge in [0.2, 0.25) is 5.91 Å². The highest BCUT2D eigenvalue weighted by atomic mass is 19.4. The lowest BCUT2D eigenvalue weighted by Gasteiger charge is -2.31. The number of amides is 2. The first-order valence-corrected chi connectivity index (χ1v) is 9.64. The number of esters is 1. The minimum Gasteiger partial charge on any atom is -0.449 e. The van der Waals surface area contributed by atoms with Crippen LogP contribution in [-0.4, -0.2) is 35.0 Å². The second kappa shape index (κ2) is 7.70. The number of aromatic nitrogens is 1. The van der Waals surface area contributed by atoms with E-state index >= 15 is 0 Å². The summed E-state index contributed by atoms with van der Waals surface area (Å²) in [4.78, 5) is 38.7. The molecule has 32 heavy (non-hydrogen) atoms. The van der Waals surface area contributed by atoms with Gasteiger partial charge in [-0.1, -0.05) is 18.2 Å². The largest absolute Gasteiger partial charge is 0.449 e. The van der Waals surface area contributed by atoms with Crippen LogP contribution < -0.4 is 10.2 Å². The molecule has 166 valence electrons. The van der Waals surface area contributed by atoms with Crippen LogP contribution in [0.2, 0.25) is 0 Å². The zero-order valence-electron chi connectivity index (χ0n) is 17.1. The first-order chi connectivity index (χ1) is 15.1. The highest BCUT2D eigenvalue weighted by Crippen LogP contribution is 2.37. The molecule has 0 aliphatic carbocycles. The fraction of sp³-hybridized carbons (Fsp3) is 0.227. The smallest absolute Gasteiger partial charge is 0.416 e. The summed E-state index contributed by atoms with van der Waals surface area (Å²) in [7, 11) is 1.77. The van der Waals surface area contributed by atoms with Gasteiger partial charge in [0.1, 0.15) is 6.54 Å². The van der Waals surface area contributed by atoms with Gasteiger partial charge in [0.25, 0.3) is 5.91 Å². The predicted octanol–water partition coefficient (Wildman–Crippen LogP) is 3.73. The lowest BCUT2D eigenvalue weighted by atomic mass is 10.1. The number of nitrogens with one attached hydrogen (secondary N) is 1. The first kappa shape index (κ1) is 21.4. The maximum absolute atomic E-state index is 13.0. The molecule has 1 aromatic heterocycles. The second-order valence-electron chi connectivity index (χ2n) is 7.42. The topological polar surface area (TPSA) is 80.6 Å². The third kappa shape index (κ3) is 3.79. The molecule has 2 aromatic carbocycles. The quantitative estimate of drug-likeness (QED) is 0.623. The minimum atomic E-state index is -4.60. The number of rotatable bonds is 3. The van der Waals surface area contributed by atoms with Crippen LogP contribution in [0.25, 0.3) is 10.9 Å². The van der Waals surface area contributed by atoms with Gasteiger partial charge in [0.05, 0.1) is 22.5 Å². The number of ether oxygens (including phenoxy) is 1. The number of alkyl halides is 3. The van der Waals surface area contributed by atoms with E-state index in [-0.39, 0.29) is 16.9 Å². The van der Waals surface area contributed by atoms with Gasteiger partial charge in [-0.3, -0.25) is 14.5 Å². The minimum absolute atomic E-state index is 0.0932. The normalized spacial score (nSPS) is 14.7. The number of fused-ring (bicyclic) bond motifs is 2. The number of aryl methyl sites for hydroxylation is 1. The third-order valence-corrected chi connectivity index (χ3v) is 5.20. The average molecular weight is 445 g/mol. The molecule has 1 unspecified atom stereocenters. The molecule has 7 nitrogen and oxygen atoms in total. The summed E-state index contributed by atoms with van der Waals surface area (Å²) < 4.78 is 46.1. The Hall–Kier alpha value is -3.82. The lowest BCUT2D eigenvalue weighted by molar-refractivity contribution is -0.137. The third-order valence-electron chi connectivity index (χ3n) is 5.20. The average Bonchev–Trinajstić information content (AvgIpc) is 3.08. The van der Waals surface area contributed by atoms with E-state index in [0.29, 0.717) is 5.39 Å². The molecule has 0 bridgehead atoms. The van der Waals surface area contributed by atoms with E-state index in [1.54, 1.807) is 29.9 Å². The summed E-state index contributed by atoms with van der Waals surface area (Å²) in [5, 5.41) is 3.00. The standard InChI is InChI=1S/C22H18F3N3O4/c1-12(32-21(31)15-10-27(2)17-6-4-3-5-14(15)17)20(30)28-11-19(29)26-16-9-13(22(23,24)25)7-8-18(16)28/h3-10,12H,11H2,1-2H3,(H,26,29). The van der Waals surface area contributed by atoms with Crippen molar-refractivity contribution in [2.24, 2.45) is 7.05 Å². The van der Waals surface area contributed by atoms with Crippen LogP contribution in [0.3, 0.4) is 0 Å². The van der Waals surface area contributed by atoms with E-state index in [0.717, 1.165) is 28.6 Å². The van der Waals surface area contributed by atoms with Gasteiger partial charge < -0.3 is 14.6 Å². The van der Waals surface area contributed by atoms with Gasteiger partial charge in [-0.05, 0) is 31.2 Å². The summed E-state index contributed by atoms with van der Waals surface area (Å²) in [6.07, 6.45) is -4.29. The molecule has 0 saturated carbocycles. The Morgan fingerprint density at radius 3 is 2.59 bits per heavy atom. The van der Waals surface area contributed by atoms with Crippen molar-refractivity contribution < 1.29 is 32.3 Å². The number of carbonyl (C=O) groups excluding carboxylic acids is 3. The molecule has 0 spiro atoms. The Kier molecular flexibility index (Phi) is 5.15. The highest BCUT2D eigenvalue weighted by Gasteiger charge is 2.35. The van der Waals surface area contributed by atoms with Crippen molar-refractivity contribution in [3.05, 3.63) is 59.8 Å². The van der Waals surface area contributed by atoms with Crippen LogP contribution in [0.1, 0.15) is 22.8 Å². The number of nitrogens with zero attached hydrogens (tertiary/aromatic N) is 2. The molecule has 2 heterocycles. The van der Waals surface area contributed by atoms with Crippen molar-refractivity contribution >= 4 is 40.1 Å².